The lowest BCUT2D eigenvalue weighted by atomic mass is 10.0. The number of H-pyrrole nitrogens is 4. The van der Waals surface area contributed by atoms with Crippen LogP contribution in [0.4, 0.5) is 0 Å². The lowest BCUT2D eigenvalue weighted by molar-refractivity contribution is -0.141. The van der Waals surface area contributed by atoms with E-state index in [4.69, 9.17) is 44.6 Å². The lowest BCUT2D eigenvalue weighted by Crippen LogP contribution is -2.62. The number of rotatable bonds is 33. The maximum Gasteiger partial charge on any atom is 0.305 e. The summed E-state index contributed by atoms with van der Waals surface area (Å²) in [7, 11) is 1.55. The van der Waals surface area contributed by atoms with Crippen LogP contribution in [0, 0.1) is 21.6 Å². The highest BCUT2D eigenvalue weighted by molar-refractivity contribution is 8.76. The zero-order chi connectivity index (χ0) is 105. The molecule has 0 saturated carbocycles. The van der Waals surface area contributed by atoms with Gasteiger partial charge in [-0.1, -0.05) is 138 Å². The molecule has 0 spiro atoms. The number of carbonyl (C=O) groups excluding carboxylic acids is 15. The van der Waals surface area contributed by atoms with Crippen molar-refractivity contribution < 1.29 is 81.8 Å². The van der Waals surface area contributed by atoms with E-state index in [2.05, 4.69) is 131 Å². The van der Waals surface area contributed by atoms with E-state index in [1.54, 1.807) is 122 Å². The number of carbonyl (C=O) groups is 16. The minimum absolute atomic E-state index is 0.0118. The first-order valence-electron chi connectivity index (χ1n) is 47.6. The standard InChI is InChI=1S/C94H127N33O17S2/c1-2-3-24-61-77(131)111-46-75(128)114-70(39-55-44-103-49-112-55)86(140)120-66(35-51-18-6-4-7-19-51)82(136)116-63(28-15-32-106-92(97)98)79(133)123-69(38-54-43-110-60-26-13-11-23-58(54)60)85(139)125-72(41-76(129)130)88(142)119-65(30-17-34-108-94(101)102)81(135)127-74-48-146-145-47-73(89(143)115-61)126-80(134)64(29-16-33-107-93(99)100)118-84(138)68(37-53-42-109-59-25-12-10-22-57(53)59)122-78(132)62(27-14-31-105-91(95)96)117-83(137)67(36-52-20-8-5-9-21-52)121-87(141)71(124-90(74)144)40-56-45-104-50-113-56/h4-13,18-23,25-26,42-45,49-50,61-74,109-110H,2-3,14-17,24,27-41,46-48H2,1H3,(H,103,112)(H,104,113)(H,111,131)(H,114,128)(H,115,143)(H,116,136)(H,117,137)(H,118,138)(H,119,142)(H,120,140)(H,121,141)(H,122,132)(H,123,133)(H,124,144)(H,125,139)(H,126,134)(H,127,135)(H,129,130)(H4,95,96,105)(H4,97,98,106)(H4,99,100,107)(H4,101,102,108)/t61-,62-,63-,64-,65-,66-,67-,68-,69-,70-,71-,72-,73-,74-/m0/s1. The van der Waals surface area contributed by atoms with Gasteiger partial charge in [-0.15, -0.1) is 0 Å². The van der Waals surface area contributed by atoms with E-state index in [-0.39, 0.29) is 115 Å². The summed E-state index contributed by atoms with van der Waals surface area (Å²) in [6.45, 7) is 0.571. The van der Waals surface area contributed by atoms with E-state index in [1.165, 1.54) is 31.2 Å². The van der Waals surface area contributed by atoms with Crippen LogP contribution in [0.3, 0.4) is 0 Å². The number of nitrogens with zero attached hydrogens (tertiary/aromatic N) is 2. The van der Waals surface area contributed by atoms with Crippen molar-refractivity contribution in [1.82, 2.24) is 131 Å². The van der Waals surface area contributed by atoms with Gasteiger partial charge in [0.15, 0.2) is 23.8 Å². The second kappa shape index (κ2) is 57.1. The first-order chi connectivity index (χ1) is 70.1. The number of para-hydroxylation sites is 2. The maximum absolute atomic E-state index is 15.9. The van der Waals surface area contributed by atoms with Crippen LogP contribution in [0.5, 0.6) is 0 Å². The molecule has 782 valence electrons. The van der Waals surface area contributed by atoms with Crippen LogP contribution in [0.1, 0.15) is 118 Å². The highest BCUT2D eigenvalue weighted by atomic mass is 33.1. The molecule has 146 heavy (non-hydrogen) atoms. The molecule has 36 N–H and O–H groups in total. The first-order valence-corrected chi connectivity index (χ1v) is 50.0. The van der Waals surface area contributed by atoms with Gasteiger partial charge in [0.25, 0.3) is 0 Å². The smallest absolute Gasteiger partial charge is 0.305 e. The molecule has 0 aliphatic carbocycles. The van der Waals surface area contributed by atoms with Crippen LogP contribution in [-0.2, 0) is 115 Å². The van der Waals surface area contributed by atoms with Gasteiger partial charge >= 0.3 is 5.97 Å². The fraction of sp³-hybridized carbons (Fsp3) is 0.426. The van der Waals surface area contributed by atoms with Crippen LogP contribution in [0.2, 0.25) is 0 Å². The van der Waals surface area contributed by atoms with Crippen molar-refractivity contribution in [3.63, 3.8) is 0 Å². The summed E-state index contributed by atoms with van der Waals surface area (Å²) in [6.07, 6.45) is 4.21. The van der Waals surface area contributed by atoms with Crippen molar-refractivity contribution >= 4 is 162 Å². The fourth-order valence-corrected chi connectivity index (χ4v) is 18.5. The number of imidazole rings is 2. The number of amides is 15. The molecule has 6 heterocycles. The predicted molar refractivity (Wildman–Crippen MR) is 542 cm³/mol. The highest BCUT2D eigenvalue weighted by Gasteiger charge is 2.41. The number of guanidine groups is 4. The summed E-state index contributed by atoms with van der Waals surface area (Å²) >= 11 is 0. The molecule has 0 radical (unpaired) electrons. The molecule has 15 amide bonds. The zero-order valence-electron chi connectivity index (χ0n) is 80.1. The average Bonchev–Trinajstić information content (AvgIpc) is 1.73. The van der Waals surface area contributed by atoms with E-state index >= 15 is 62.3 Å². The van der Waals surface area contributed by atoms with Crippen LogP contribution in [0.15, 0.2) is 147 Å². The molecular formula is C94H127N33O17S2. The zero-order valence-corrected chi connectivity index (χ0v) is 81.7. The van der Waals surface area contributed by atoms with Gasteiger partial charge in [-0.2, -0.15) is 0 Å². The molecule has 2 bridgehead atoms. The number of carboxylic acids is 1. The average molecular weight is 2060 g/mol. The van der Waals surface area contributed by atoms with Crippen molar-refractivity contribution in [3.8, 4) is 0 Å². The molecule has 0 unspecified atom stereocenters. The number of nitrogens with two attached hydrogens (primary N) is 4. The second-order valence-corrected chi connectivity index (χ2v) is 37.5. The summed E-state index contributed by atoms with van der Waals surface area (Å²) < 4.78 is 0. The third-order valence-corrected chi connectivity index (χ3v) is 26.2. The van der Waals surface area contributed by atoms with Crippen molar-refractivity contribution in [3.05, 3.63) is 180 Å². The number of aromatic nitrogens is 6. The molecule has 2 aliphatic rings. The molecule has 52 heteroatoms. The van der Waals surface area contributed by atoms with Gasteiger partial charge in [-0.25, -0.2) is 9.97 Å². The Kier molecular flexibility index (Phi) is 43.7. The normalized spacial score (nSPS) is 22.4. The number of fused-ring (bicyclic) bond motifs is 7. The number of carboxylic acid groups (broad SMARTS) is 1. The molecule has 4 aromatic heterocycles. The topological polar surface area (TPSA) is 810 Å². The molecule has 4 aromatic carbocycles. The monoisotopic (exact) mass is 2050 g/mol. The predicted octanol–water partition coefficient (Wildman–Crippen LogP) is -4.12. The van der Waals surface area contributed by atoms with Crippen LogP contribution >= 0.6 is 21.6 Å². The van der Waals surface area contributed by atoms with Gasteiger partial charge in [0.1, 0.15) is 84.6 Å². The first kappa shape index (κ1) is 112. The number of aliphatic carboxylic acids is 1. The van der Waals surface area contributed by atoms with Crippen LogP contribution in [0.25, 0.3) is 21.8 Å². The number of nitrogens with one attached hydrogen (secondary N) is 27. The Morgan fingerprint density at radius 3 is 1.00 bits per heavy atom. The summed E-state index contributed by atoms with van der Waals surface area (Å²) in [5.74, 6) is -20.8. The van der Waals surface area contributed by atoms with Gasteiger partial charge in [0, 0.05) is 134 Å². The molecular weight excluding hydrogens is 1930 g/mol. The fourth-order valence-electron chi connectivity index (χ4n) is 16.2. The van der Waals surface area contributed by atoms with Gasteiger partial charge in [-0.05, 0) is 92.2 Å². The summed E-state index contributed by atoms with van der Waals surface area (Å²) in [5.41, 5.74) is 26.3. The highest BCUT2D eigenvalue weighted by Crippen LogP contribution is 2.27. The molecule has 2 aliphatic heterocycles. The summed E-state index contributed by atoms with van der Waals surface area (Å²) in [4.78, 5) is 265. The third kappa shape index (κ3) is 36.3. The Morgan fingerprint density at radius 2 is 0.644 bits per heavy atom. The van der Waals surface area contributed by atoms with Gasteiger partial charge in [-0.3, -0.25) is 98.3 Å². The van der Waals surface area contributed by atoms with Crippen LogP contribution in [-0.4, -0.2) is 282 Å². The largest absolute Gasteiger partial charge is 0.481 e. The van der Waals surface area contributed by atoms with Crippen molar-refractivity contribution in [2.45, 2.75) is 207 Å². The minimum Gasteiger partial charge on any atom is -0.481 e. The van der Waals surface area contributed by atoms with Crippen molar-refractivity contribution in [2.24, 2.45) is 22.9 Å². The van der Waals surface area contributed by atoms with E-state index < -0.39 is 247 Å². The number of hydrogen-bond donors (Lipinski definition) is 32. The maximum atomic E-state index is 15.9. The molecule has 2 fully saturated rings. The minimum atomic E-state index is -2.16. The van der Waals surface area contributed by atoms with E-state index in [0.717, 1.165) is 21.6 Å². The molecule has 2 saturated heterocycles. The number of aromatic amines is 4. The Bertz CT molecular complexity index is 5860. The second-order valence-electron chi connectivity index (χ2n) is 34.9. The van der Waals surface area contributed by atoms with Gasteiger partial charge < -0.3 is 149 Å². The number of unbranched alkanes of at least 4 members (excludes halogenated alkanes) is 1. The number of hydrogen-bond acceptors (Lipinski definition) is 24. The molecule has 10 rings (SSSR count). The van der Waals surface area contributed by atoms with E-state index in [9.17, 15) is 19.5 Å². The Morgan fingerprint density at radius 1 is 0.349 bits per heavy atom. The Labute approximate surface area is 846 Å². The van der Waals surface area contributed by atoms with E-state index in [0.29, 0.717) is 56.2 Å². The number of benzene rings is 4. The molecule has 8 aromatic rings. The summed E-state index contributed by atoms with van der Waals surface area (Å²) in [5, 5.41) is 94.3. The quantitative estimate of drug-likeness (QED) is 0.00804. The van der Waals surface area contributed by atoms with Crippen LogP contribution < -0.4 is 124 Å². The molecule has 14 atom stereocenters. The van der Waals surface area contributed by atoms with Gasteiger partial charge in [0.05, 0.1) is 25.6 Å². The lowest BCUT2D eigenvalue weighted by Gasteiger charge is -2.28. The Balaban J connectivity index is 1.12. The third-order valence-electron chi connectivity index (χ3n) is 23.7. The molecule has 50 nitrogen and oxygen atoms in total. The van der Waals surface area contributed by atoms with Crippen molar-refractivity contribution in [2.75, 3.05) is 44.2 Å². The van der Waals surface area contributed by atoms with Gasteiger partial charge in [0.2, 0.25) is 88.6 Å². The summed E-state index contributed by atoms with van der Waals surface area (Å²) in [6, 6.07) is 6.21. The Hall–Kier alpha value is -16.3. The SMILES string of the molecule is CCCC[C@@H]1NC(=O)[C@@H]2CSSC[C@H](NC(=O)[C@H](CCCNC(=N)N)NC(=O)[C@H](CC(=O)O)NC(=O)[C@H](Cc3c[nH]c4ccccc34)NC(=O)[C@H](CCCNC(=N)N)NC(=O)[C@H](Cc3ccccc3)NC(=O)[C@H](Cc3cnc[nH]3)NC(=O)CNC1=O)C(=O)N[C@@H](Cc1cnc[nH]1)C(=O)N[C@@H](Cc1ccccc1)C(=O)N[C@@H](CCCNC(=N)N)C(=O)N[C@@H](Cc1c[nH]c3ccccc13)C(=O)N[C@@H](CCCNC(=N)N)C(=O)N2. The van der Waals surface area contributed by atoms with E-state index in [1.807, 2.05) is 0 Å². The van der Waals surface area contributed by atoms with Crippen molar-refractivity contribution in [1.29, 1.82) is 21.6 Å².